The zero-order chi connectivity index (χ0) is 7.61. The summed E-state index contributed by atoms with van der Waals surface area (Å²) >= 11 is 0. The van der Waals surface area contributed by atoms with Crippen LogP contribution in [0.15, 0.2) is 0 Å². The lowest BCUT2D eigenvalue weighted by Gasteiger charge is -2.25. The van der Waals surface area contributed by atoms with E-state index in [9.17, 15) is 0 Å². The smallest absolute Gasteiger partial charge is 0.0209 e. The fourth-order valence-corrected chi connectivity index (χ4v) is 1.39. The highest BCUT2D eigenvalue weighted by Gasteiger charge is 2.19. The minimum atomic E-state index is 0.274. The Morgan fingerprint density at radius 3 is 2.50 bits per heavy atom. The number of rotatable bonds is 1. The van der Waals surface area contributed by atoms with Gasteiger partial charge in [0, 0.05) is 18.1 Å². The minimum absolute atomic E-state index is 0.274. The van der Waals surface area contributed by atoms with Gasteiger partial charge in [-0.15, -0.1) is 0 Å². The summed E-state index contributed by atoms with van der Waals surface area (Å²) in [4.78, 5) is 0. The van der Waals surface area contributed by atoms with Gasteiger partial charge < -0.3 is 10.6 Å². The molecule has 1 aliphatic rings. The monoisotopic (exact) mass is 142 g/mol. The molecule has 1 heterocycles. The van der Waals surface area contributed by atoms with Gasteiger partial charge in [0.05, 0.1) is 0 Å². The van der Waals surface area contributed by atoms with Crippen LogP contribution in [0.2, 0.25) is 0 Å². The van der Waals surface area contributed by atoms with Gasteiger partial charge in [0.1, 0.15) is 0 Å². The summed E-state index contributed by atoms with van der Waals surface area (Å²) in [5, 5.41) is 6.89. The molecular weight excluding hydrogens is 124 g/mol. The van der Waals surface area contributed by atoms with Gasteiger partial charge in [-0.25, -0.2) is 0 Å². The van der Waals surface area contributed by atoms with E-state index in [1.807, 2.05) is 0 Å². The fourth-order valence-electron chi connectivity index (χ4n) is 1.39. The van der Waals surface area contributed by atoms with E-state index in [2.05, 4.69) is 31.4 Å². The molecule has 60 valence electrons. The van der Waals surface area contributed by atoms with Gasteiger partial charge in [-0.05, 0) is 33.7 Å². The van der Waals surface area contributed by atoms with Crippen molar-refractivity contribution in [2.45, 2.75) is 38.8 Å². The average molecular weight is 142 g/mol. The van der Waals surface area contributed by atoms with Crippen LogP contribution in [0.1, 0.15) is 27.2 Å². The summed E-state index contributed by atoms with van der Waals surface area (Å²) in [5.41, 5.74) is 0.274. The van der Waals surface area contributed by atoms with Crippen molar-refractivity contribution in [3.8, 4) is 0 Å². The zero-order valence-electron chi connectivity index (χ0n) is 7.20. The van der Waals surface area contributed by atoms with Crippen LogP contribution in [0.3, 0.4) is 0 Å². The predicted octanol–water partition coefficient (Wildman–Crippen LogP) is 0.736. The SMILES string of the molecule is CC(C)(C)NC1CCNC1. The molecule has 1 saturated heterocycles. The molecule has 0 aromatic heterocycles. The van der Waals surface area contributed by atoms with Gasteiger partial charge in [-0.2, -0.15) is 0 Å². The maximum absolute atomic E-state index is 3.56. The van der Waals surface area contributed by atoms with Crippen LogP contribution in [-0.2, 0) is 0 Å². The standard InChI is InChI=1S/C8H18N2/c1-8(2,3)10-7-4-5-9-6-7/h7,9-10H,4-6H2,1-3H3. The molecule has 1 rings (SSSR count). The molecule has 0 amide bonds. The fraction of sp³-hybridized carbons (Fsp3) is 1.00. The molecule has 0 aromatic rings. The van der Waals surface area contributed by atoms with Gasteiger partial charge in [-0.1, -0.05) is 0 Å². The Balaban J connectivity index is 2.24. The molecule has 1 unspecified atom stereocenters. The Bertz CT molecular complexity index is 98.3. The lowest BCUT2D eigenvalue weighted by Crippen LogP contribution is -2.44. The molecule has 0 saturated carbocycles. The number of nitrogens with one attached hydrogen (secondary N) is 2. The third-order valence-corrected chi connectivity index (χ3v) is 1.70. The maximum Gasteiger partial charge on any atom is 0.0209 e. The molecule has 1 atom stereocenters. The second-order valence-electron chi connectivity index (χ2n) is 4.08. The van der Waals surface area contributed by atoms with E-state index < -0.39 is 0 Å². The van der Waals surface area contributed by atoms with E-state index >= 15 is 0 Å². The maximum atomic E-state index is 3.56. The minimum Gasteiger partial charge on any atom is -0.315 e. The molecule has 1 fully saturated rings. The highest BCUT2D eigenvalue weighted by Crippen LogP contribution is 2.05. The van der Waals surface area contributed by atoms with Crippen molar-refractivity contribution in [1.29, 1.82) is 0 Å². The number of hydrogen-bond donors (Lipinski definition) is 2. The number of hydrogen-bond acceptors (Lipinski definition) is 2. The van der Waals surface area contributed by atoms with Crippen LogP contribution >= 0.6 is 0 Å². The Kier molecular flexibility index (Phi) is 2.32. The topological polar surface area (TPSA) is 24.1 Å². The molecule has 0 spiro atoms. The van der Waals surface area contributed by atoms with Crippen molar-refractivity contribution in [1.82, 2.24) is 10.6 Å². The summed E-state index contributed by atoms with van der Waals surface area (Å²) in [7, 11) is 0. The van der Waals surface area contributed by atoms with Crippen molar-refractivity contribution in [2.75, 3.05) is 13.1 Å². The molecule has 2 N–H and O–H groups in total. The second kappa shape index (κ2) is 2.89. The van der Waals surface area contributed by atoms with E-state index in [-0.39, 0.29) is 5.54 Å². The first kappa shape index (κ1) is 8.02. The Hall–Kier alpha value is -0.0800. The molecule has 2 heteroatoms. The van der Waals surface area contributed by atoms with Crippen LogP contribution in [0.25, 0.3) is 0 Å². The molecule has 0 bridgehead atoms. The van der Waals surface area contributed by atoms with Gasteiger partial charge in [0.15, 0.2) is 0 Å². The largest absolute Gasteiger partial charge is 0.315 e. The van der Waals surface area contributed by atoms with Gasteiger partial charge >= 0.3 is 0 Å². The average Bonchev–Trinajstić information content (AvgIpc) is 2.12. The van der Waals surface area contributed by atoms with Crippen molar-refractivity contribution >= 4 is 0 Å². The third kappa shape index (κ3) is 2.67. The summed E-state index contributed by atoms with van der Waals surface area (Å²) < 4.78 is 0. The molecule has 1 aliphatic heterocycles. The van der Waals surface area contributed by atoms with Crippen LogP contribution in [-0.4, -0.2) is 24.7 Å². The van der Waals surface area contributed by atoms with Crippen LogP contribution in [0, 0.1) is 0 Å². The Morgan fingerprint density at radius 1 is 1.40 bits per heavy atom. The van der Waals surface area contributed by atoms with E-state index in [0.29, 0.717) is 6.04 Å². The van der Waals surface area contributed by atoms with E-state index in [0.717, 1.165) is 6.54 Å². The summed E-state index contributed by atoms with van der Waals surface area (Å²) in [6, 6.07) is 0.694. The van der Waals surface area contributed by atoms with Crippen LogP contribution < -0.4 is 10.6 Å². The summed E-state index contributed by atoms with van der Waals surface area (Å²) in [6.07, 6.45) is 1.28. The van der Waals surface area contributed by atoms with E-state index in [1.165, 1.54) is 13.0 Å². The predicted molar refractivity (Wildman–Crippen MR) is 44.2 cm³/mol. The van der Waals surface area contributed by atoms with Gasteiger partial charge in [-0.3, -0.25) is 0 Å². The Labute approximate surface area is 63.4 Å². The molecule has 10 heavy (non-hydrogen) atoms. The van der Waals surface area contributed by atoms with Gasteiger partial charge in [0.25, 0.3) is 0 Å². The highest BCUT2D eigenvalue weighted by molar-refractivity contribution is 4.83. The van der Waals surface area contributed by atoms with Crippen LogP contribution in [0.4, 0.5) is 0 Å². The van der Waals surface area contributed by atoms with Crippen molar-refractivity contribution in [3.63, 3.8) is 0 Å². The van der Waals surface area contributed by atoms with Crippen molar-refractivity contribution < 1.29 is 0 Å². The van der Waals surface area contributed by atoms with E-state index in [4.69, 9.17) is 0 Å². The van der Waals surface area contributed by atoms with Crippen LogP contribution in [0.5, 0.6) is 0 Å². The summed E-state index contributed by atoms with van der Waals surface area (Å²) in [5.74, 6) is 0. The highest BCUT2D eigenvalue weighted by atomic mass is 15.1. The zero-order valence-corrected chi connectivity index (χ0v) is 7.20. The first-order valence-electron chi connectivity index (χ1n) is 4.06. The van der Waals surface area contributed by atoms with Crippen molar-refractivity contribution in [2.24, 2.45) is 0 Å². The molecule has 0 aromatic carbocycles. The Morgan fingerprint density at radius 2 is 2.10 bits per heavy atom. The normalized spacial score (nSPS) is 27.3. The third-order valence-electron chi connectivity index (χ3n) is 1.70. The van der Waals surface area contributed by atoms with Crippen molar-refractivity contribution in [3.05, 3.63) is 0 Å². The van der Waals surface area contributed by atoms with Gasteiger partial charge in [0.2, 0.25) is 0 Å². The molecule has 0 aliphatic carbocycles. The quantitative estimate of drug-likeness (QED) is 0.564. The van der Waals surface area contributed by atoms with E-state index in [1.54, 1.807) is 0 Å². The summed E-state index contributed by atoms with van der Waals surface area (Å²) in [6.45, 7) is 8.95. The lowest BCUT2D eigenvalue weighted by atomic mass is 10.1. The second-order valence-corrected chi connectivity index (χ2v) is 4.08. The molecule has 0 radical (unpaired) electrons. The molecular formula is C8H18N2. The lowest BCUT2D eigenvalue weighted by molar-refractivity contribution is 0.371. The molecule has 2 nitrogen and oxygen atoms in total. The first-order chi connectivity index (χ1) is 4.58. The first-order valence-corrected chi connectivity index (χ1v) is 4.06.